The van der Waals surface area contributed by atoms with Crippen molar-refractivity contribution in [2.75, 3.05) is 20.2 Å². The number of carbonyl (C=O) groups is 1. The Morgan fingerprint density at radius 2 is 2.00 bits per heavy atom. The quantitative estimate of drug-likeness (QED) is 0.479. The van der Waals surface area contributed by atoms with Crippen LogP contribution in [0.4, 0.5) is 0 Å². The summed E-state index contributed by atoms with van der Waals surface area (Å²) in [5, 5.41) is 11.0. The Morgan fingerprint density at radius 1 is 1.20 bits per heavy atom. The van der Waals surface area contributed by atoms with Crippen molar-refractivity contribution in [3.05, 3.63) is 71.9 Å². The summed E-state index contributed by atoms with van der Waals surface area (Å²) in [7, 11) is 1.65. The number of methoxy groups -OCH3 is 1. The van der Waals surface area contributed by atoms with E-state index in [-0.39, 0.29) is 17.9 Å². The van der Waals surface area contributed by atoms with Gasteiger partial charge in [0, 0.05) is 30.2 Å². The summed E-state index contributed by atoms with van der Waals surface area (Å²) < 4.78 is 5.39. The second-order valence-electron chi connectivity index (χ2n) is 10.2. The molecule has 2 fully saturated rings. The number of carboxylic acid groups (broad SMARTS) is 1. The maximum absolute atomic E-state index is 12.2. The molecule has 2 aromatic carbocycles. The van der Waals surface area contributed by atoms with Crippen LogP contribution in [-0.4, -0.2) is 47.2 Å². The fraction of sp³-hybridized carbons (Fsp3) is 0.448. The molecule has 0 amide bonds. The minimum atomic E-state index is -0.675. The molecule has 6 heteroatoms. The first-order valence-corrected chi connectivity index (χ1v) is 12.7. The maximum atomic E-state index is 12.2. The number of hydrogen-bond donors (Lipinski definition) is 2. The highest BCUT2D eigenvalue weighted by Crippen LogP contribution is 2.42. The van der Waals surface area contributed by atoms with E-state index in [0.29, 0.717) is 18.5 Å². The number of fused-ring (bicyclic) bond motifs is 1. The molecule has 35 heavy (non-hydrogen) atoms. The molecule has 1 saturated carbocycles. The molecule has 1 unspecified atom stereocenters. The van der Waals surface area contributed by atoms with Gasteiger partial charge in [0.05, 0.1) is 18.5 Å². The van der Waals surface area contributed by atoms with Gasteiger partial charge in [-0.3, -0.25) is 14.7 Å². The maximum Gasteiger partial charge on any atom is 0.308 e. The largest absolute Gasteiger partial charge is 0.497 e. The van der Waals surface area contributed by atoms with Crippen molar-refractivity contribution >= 4 is 16.9 Å². The van der Waals surface area contributed by atoms with Crippen LogP contribution < -0.4 is 10.5 Å². The van der Waals surface area contributed by atoms with E-state index < -0.39 is 5.97 Å². The van der Waals surface area contributed by atoms with Crippen LogP contribution in [0.3, 0.4) is 0 Å². The molecule has 1 aliphatic carbocycles. The van der Waals surface area contributed by atoms with Crippen LogP contribution in [0.5, 0.6) is 5.75 Å². The summed E-state index contributed by atoms with van der Waals surface area (Å²) in [6.45, 7) is 1.63. The highest BCUT2D eigenvalue weighted by Gasteiger charge is 2.41. The van der Waals surface area contributed by atoms with E-state index in [2.05, 4.69) is 40.2 Å². The topological polar surface area (TPSA) is 88.7 Å². The standard InChI is InChI=1S/C29H35N3O3/c1-35-23-8-10-28-25(17-23)24(11-13-31-28)27(30)9-7-20-12-14-32(18-26(20)29(33)34)22-15-21(16-22)19-5-3-2-4-6-19/h2-6,8,10-11,13,17,20-22,26-27H,7,9,12,14-16,18,30H2,1H3,(H,33,34)/t20-,21?,22?,26+,27?/m1/s1. The highest BCUT2D eigenvalue weighted by molar-refractivity contribution is 5.84. The minimum absolute atomic E-state index is 0.155. The van der Waals surface area contributed by atoms with Gasteiger partial charge in [-0.1, -0.05) is 30.3 Å². The monoisotopic (exact) mass is 473 g/mol. The van der Waals surface area contributed by atoms with Gasteiger partial charge in [-0.2, -0.15) is 0 Å². The van der Waals surface area contributed by atoms with Crippen molar-refractivity contribution in [1.82, 2.24) is 9.88 Å². The third kappa shape index (κ3) is 5.04. The fourth-order valence-electron chi connectivity index (χ4n) is 6.01. The molecule has 3 aromatic rings. The van der Waals surface area contributed by atoms with E-state index in [1.165, 1.54) is 5.56 Å². The average molecular weight is 474 g/mol. The number of nitrogens with zero attached hydrogens (tertiary/aromatic N) is 2. The Morgan fingerprint density at radius 3 is 2.74 bits per heavy atom. The van der Waals surface area contributed by atoms with E-state index in [9.17, 15) is 9.90 Å². The molecule has 0 radical (unpaired) electrons. The zero-order valence-corrected chi connectivity index (χ0v) is 20.3. The van der Waals surface area contributed by atoms with Crippen molar-refractivity contribution in [3.63, 3.8) is 0 Å². The van der Waals surface area contributed by atoms with E-state index in [1.54, 1.807) is 13.3 Å². The lowest BCUT2D eigenvalue weighted by atomic mass is 9.73. The Balaban J connectivity index is 1.20. The molecule has 2 aliphatic rings. The summed E-state index contributed by atoms with van der Waals surface area (Å²) in [5.74, 6) is 0.534. The number of piperidine rings is 1. The van der Waals surface area contributed by atoms with E-state index in [0.717, 1.165) is 60.9 Å². The second kappa shape index (κ2) is 10.3. The van der Waals surface area contributed by atoms with Gasteiger partial charge in [-0.25, -0.2) is 0 Å². The SMILES string of the molecule is COc1ccc2nccc(C(N)CC[C@@H]3CCN(C4CC(c5ccccc5)C4)C[C@@H]3C(=O)O)c2c1. The molecular weight excluding hydrogens is 438 g/mol. The second-order valence-corrected chi connectivity index (χ2v) is 10.2. The van der Waals surface area contributed by atoms with Crippen LogP contribution in [-0.2, 0) is 4.79 Å². The average Bonchev–Trinajstić information content (AvgIpc) is 2.86. The number of aliphatic carboxylic acids is 1. The minimum Gasteiger partial charge on any atom is -0.497 e. The van der Waals surface area contributed by atoms with E-state index in [1.807, 2.05) is 24.3 Å². The zero-order valence-electron chi connectivity index (χ0n) is 20.3. The number of likely N-dealkylation sites (tertiary alicyclic amines) is 1. The molecule has 0 spiro atoms. The van der Waals surface area contributed by atoms with E-state index >= 15 is 0 Å². The first-order chi connectivity index (χ1) is 17.0. The van der Waals surface area contributed by atoms with Gasteiger partial charge in [-0.15, -0.1) is 0 Å². The summed E-state index contributed by atoms with van der Waals surface area (Å²) in [4.78, 5) is 19.1. The normalized spacial score (nSPS) is 25.7. The smallest absolute Gasteiger partial charge is 0.308 e. The first-order valence-electron chi connectivity index (χ1n) is 12.7. The Labute approximate surface area is 207 Å². The van der Waals surface area contributed by atoms with Gasteiger partial charge in [0.1, 0.15) is 5.75 Å². The number of hydrogen-bond acceptors (Lipinski definition) is 5. The van der Waals surface area contributed by atoms with Crippen molar-refractivity contribution in [1.29, 1.82) is 0 Å². The highest BCUT2D eigenvalue weighted by atomic mass is 16.5. The lowest BCUT2D eigenvalue weighted by Gasteiger charge is -2.47. The molecular formula is C29H35N3O3. The number of ether oxygens (including phenoxy) is 1. The van der Waals surface area contributed by atoms with Gasteiger partial charge in [0.2, 0.25) is 0 Å². The predicted octanol–water partition coefficient (Wildman–Crippen LogP) is 4.99. The molecule has 0 bridgehead atoms. The van der Waals surface area contributed by atoms with Crippen LogP contribution in [0.15, 0.2) is 60.8 Å². The summed E-state index contributed by atoms with van der Waals surface area (Å²) in [6.07, 6.45) is 6.54. The molecule has 6 nitrogen and oxygen atoms in total. The van der Waals surface area contributed by atoms with Crippen LogP contribution >= 0.6 is 0 Å². The molecule has 3 atom stereocenters. The third-order valence-electron chi connectivity index (χ3n) is 8.24. The third-order valence-corrected chi connectivity index (χ3v) is 8.24. The predicted molar refractivity (Wildman–Crippen MR) is 137 cm³/mol. The molecule has 1 aromatic heterocycles. The van der Waals surface area contributed by atoms with Crippen LogP contribution in [0.2, 0.25) is 0 Å². The van der Waals surface area contributed by atoms with Crippen molar-refractivity contribution < 1.29 is 14.6 Å². The van der Waals surface area contributed by atoms with Gasteiger partial charge in [-0.05, 0) is 85.9 Å². The number of aromatic nitrogens is 1. The lowest BCUT2D eigenvalue weighted by molar-refractivity contribution is -0.147. The fourth-order valence-corrected chi connectivity index (χ4v) is 6.01. The van der Waals surface area contributed by atoms with Gasteiger partial charge in [0.15, 0.2) is 0 Å². The zero-order chi connectivity index (χ0) is 24.4. The van der Waals surface area contributed by atoms with Crippen molar-refractivity contribution in [2.45, 2.75) is 50.1 Å². The number of pyridine rings is 1. The Kier molecular flexibility index (Phi) is 7.02. The molecule has 3 N–H and O–H groups in total. The molecule has 184 valence electrons. The lowest BCUT2D eigenvalue weighted by Crippen LogP contribution is -2.52. The van der Waals surface area contributed by atoms with Crippen molar-refractivity contribution in [3.8, 4) is 5.75 Å². The van der Waals surface area contributed by atoms with Gasteiger partial charge in [0.25, 0.3) is 0 Å². The number of carboxylic acids is 1. The summed E-state index contributed by atoms with van der Waals surface area (Å²) >= 11 is 0. The molecule has 1 saturated heterocycles. The molecule has 1 aliphatic heterocycles. The van der Waals surface area contributed by atoms with Gasteiger partial charge >= 0.3 is 5.97 Å². The first kappa shape index (κ1) is 23.8. The van der Waals surface area contributed by atoms with Crippen LogP contribution in [0.1, 0.15) is 55.2 Å². The van der Waals surface area contributed by atoms with Crippen LogP contribution in [0, 0.1) is 11.8 Å². The van der Waals surface area contributed by atoms with Crippen molar-refractivity contribution in [2.24, 2.45) is 17.6 Å². The number of rotatable bonds is 8. The Hall–Kier alpha value is -2.96. The molecule has 2 heterocycles. The summed E-state index contributed by atoms with van der Waals surface area (Å²) in [5.41, 5.74) is 9.98. The molecule has 5 rings (SSSR count). The number of benzene rings is 2. The summed E-state index contributed by atoms with van der Waals surface area (Å²) in [6, 6.07) is 18.8. The van der Waals surface area contributed by atoms with Gasteiger partial charge < -0.3 is 15.6 Å². The number of nitrogens with two attached hydrogens (primary N) is 1. The van der Waals surface area contributed by atoms with Crippen LogP contribution in [0.25, 0.3) is 10.9 Å². The van der Waals surface area contributed by atoms with E-state index in [4.69, 9.17) is 10.5 Å². The Bertz CT molecular complexity index is 1160.